The Hall–Kier alpha value is -2.89. The van der Waals surface area contributed by atoms with Crippen molar-refractivity contribution in [1.82, 2.24) is 15.0 Å². The number of hydrogen-bond acceptors (Lipinski definition) is 6. The Kier molecular flexibility index (Phi) is 5.44. The van der Waals surface area contributed by atoms with Crippen LogP contribution in [0, 0.1) is 13.8 Å². The highest BCUT2D eigenvalue weighted by Crippen LogP contribution is 2.37. The number of nitrogens with two attached hydrogens (primary N) is 1. The third-order valence-corrected chi connectivity index (χ3v) is 4.99. The summed E-state index contributed by atoms with van der Waals surface area (Å²) >= 11 is 0. The molecule has 1 aliphatic rings. The third kappa shape index (κ3) is 3.52. The molecule has 4 N–H and O–H groups in total. The van der Waals surface area contributed by atoms with Gasteiger partial charge in [0.2, 0.25) is 0 Å². The molecule has 0 atom stereocenters. The number of phenols is 1. The van der Waals surface area contributed by atoms with E-state index in [0.717, 1.165) is 46.4 Å². The van der Waals surface area contributed by atoms with E-state index in [-0.39, 0.29) is 5.75 Å². The van der Waals surface area contributed by atoms with E-state index < -0.39 is 0 Å². The molecule has 0 bridgehead atoms. The SMILES string of the molecule is CC.Cc1ccc(O)c(C)c1-c1nc(NC2CCC2)cc2c(N)ncnc12. The van der Waals surface area contributed by atoms with Gasteiger partial charge in [0.05, 0.1) is 5.69 Å². The molecule has 0 spiro atoms. The first-order chi connectivity index (χ1) is 13.0. The van der Waals surface area contributed by atoms with Crippen molar-refractivity contribution in [2.24, 2.45) is 0 Å². The van der Waals surface area contributed by atoms with Crippen molar-refractivity contribution in [3.63, 3.8) is 0 Å². The summed E-state index contributed by atoms with van der Waals surface area (Å²) in [5.41, 5.74) is 10.2. The Morgan fingerprint density at radius 2 is 1.89 bits per heavy atom. The van der Waals surface area contributed by atoms with E-state index in [4.69, 9.17) is 10.7 Å². The second kappa shape index (κ2) is 7.78. The summed E-state index contributed by atoms with van der Waals surface area (Å²) < 4.78 is 0. The smallest absolute Gasteiger partial charge is 0.134 e. The van der Waals surface area contributed by atoms with Crippen LogP contribution in [0.2, 0.25) is 0 Å². The van der Waals surface area contributed by atoms with Crippen LogP contribution in [0.25, 0.3) is 22.2 Å². The van der Waals surface area contributed by atoms with Crippen LogP contribution in [0.15, 0.2) is 24.5 Å². The predicted molar refractivity (Wildman–Crippen MR) is 111 cm³/mol. The summed E-state index contributed by atoms with van der Waals surface area (Å²) in [6.07, 6.45) is 5.00. The lowest BCUT2D eigenvalue weighted by molar-refractivity contribution is 0.444. The number of aromatic nitrogens is 3. The molecule has 1 fully saturated rings. The highest BCUT2D eigenvalue weighted by Gasteiger charge is 2.21. The third-order valence-electron chi connectivity index (χ3n) is 4.99. The van der Waals surface area contributed by atoms with E-state index in [0.29, 0.717) is 17.4 Å². The van der Waals surface area contributed by atoms with Gasteiger partial charge in [0, 0.05) is 22.6 Å². The molecule has 6 heteroatoms. The first-order valence-corrected chi connectivity index (χ1v) is 9.52. The van der Waals surface area contributed by atoms with Crippen LogP contribution >= 0.6 is 0 Å². The van der Waals surface area contributed by atoms with E-state index >= 15 is 0 Å². The van der Waals surface area contributed by atoms with Gasteiger partial charge in [-0.05, 0) is 50.8 Å². The first-order valence-electron chi connectivity index (χ1n) is 9.52. The predicted octanol–water partition coefficient (Wildman–Crippen LogP) is 4.59. The lowest BCUT2D eigenvalue weighted by atomic mass is 9.93. The molecule has 27 heavy (non-hydrogen) atoms. The minimum atomic E-state index is 0.245. The number of phenolic OH excluding ortho intramolecular Hbond substituents is 1. The molecule has 4 rings (SSSR count). The van der Waals surface area contributed by atoms with Crippen LogP contribution in [0.1, 0.15) is 44.2 Å². The maximum Gasteiger partial charge on any atom is 0.134 e. The second-order valence-electron chi connectivity index (χ2n) is 6.68. The fraction of sp³-hybridized carbons (Fsp3) is 0.381. The van der Waals surface area contributed by atoms with Gasteiger partial charge >= 0.3 is 0 Å². The number of nitrogens with zero attached hydrogens (tertiary/aromatic N) is 3. The molecular weight excluding hydrogens is 338 g/mol. The molecule has 2 aromatic heterocycles. The minimum absolute atomic E-state index is 0.245. The van der Waals surface area contributed by atoms with Crippen LogP contribution in [0.5, 0.6) is 5.75 Å². The largest absolute Gasteiger partial charge is 0.508 e. The molecule has 2 heterocycles. The number of hydrogen-bond donors (Lipinski definition) is 3. The number of aromatic hydroxyl groups is 1. The van der Waals surface area contributed by atoms with Crippen LogP contribution in [-0.2, 0) is 0 Å². The van der Waals surface area contributed by atoms with Crippen molar-refractivity contribution in [3.05, 3.63) is 35.7 Å². The van der Waals surface area contributed by atoms with Gasteiger partial charge in [0.1, 0.15) is 29.2 Å². The number of rotatable bonds is 3. The van der Waals surface area contributed by atoms with Gasteiger partial charge in [-0.25, -0.2) is 15.0 Å². The number of nitrogen functional groups attached to an aromatic ring is 1. The molecule has 0 unspecified atom stereocenters. The number of benzene rings is 1. The zero-order valence-electron chi connectivity index (χ0n) is 16.4. The van der Waals surface area contributed by atoms with E-state index in [1.165, 1.54) is 12.7 Å². The molecular formula is C21H27N5O. The van der Waals surface area contributed by atoms with Crippen molar-refractivity contribution in [2.75, 3.05) is 11.1 Å². The molecule has 1 aromatic carbocycles. The fourth-order valence-corrected chi connectivity index (χ4v) is 3.29. The summed E-state index contributed by atoms with van der Waals surface area (Å²) in [5, 5.41) is 14.4. The van der Waals surface area contributed by atoms with Crippen LogP contribution in [0.4, 0.5) is 11.6 Å². The number of nitrogens with one attached hydrogen (secondary N) is 1. The van der Waals surface area contributed by atoms with Crippen LogP contribution in [-0.4, -0.2) is 26.1 Å². The Morgan fingerprint density at radius 3 is 2.56 bits per heavy atom. The van der Waals surface area contributed by atoms with E-state index in [9.17, 15) is 5.11 Å². The minimum Gasteiger partial charge on any atom is -0.508 e. The zero-order chi connectivity index (χ0) is 19.6. The van der Waals surface area contributed by atoms with Gasteiger partial charge in [-0.1, -0.05) is 19.9 Å². The van der Waals surface area contributed by atoms with Gasteiger partial charge in [0.15, 0.2) is 0 Å². The summed E-state index contributed by atoms with van der Waals surface area (Å²) in [6, 6.07) is 5.97. The van der Waals surface area contributed by atoms with Crippen LogP contribution < -0.4 is 11.1 Å². The van der Waals surface area contributed by atoms with Crippen LogP contribution in [0.3, 0.4) is 0 Å². The summed E-state index contributed by atoms with van der Waals surface area (Å²) in [7, 11) is 0. The highest BCUT2D eigenvalue weighted by molar-refractivity contribution is 5.99. The topological polar surface area (TPSA) is 97.0 Å². The average molecular weight is 365 g/mol. The highest BCUT2D eigenvalue weighted by atomic mass is 16.3. The van der Waals surface area contributed by atoms with Gasteiger partial charge < -0.3 is 16.2 Å². The van der Waals surface area contributed by atoms with Gasteiger partial charge in [-0.2, -0.15) is 0 Å². The number of aryl methyl sites for hydroxylation is 1. The maximum atomic E-state index is 10.2. The molecule has 3 aromatic rings. The van der Waals surface area contributed by atoms with Crippen molar-refractivity contribution >= 4 is 22.5 Å². The van der Waals surface area contributed by atoms with Crippen molar-refractivity contribution in [3.8, 4) is 17.0 Å². The molecule has 1 saturated carbocycles. The number of fused-ring (bicyclic) bond motifs is 1. The quantitative estimate of drug-likeness (QED) is 0.628. The molecule has 0 radical (unpaired) electrons. The lowest BCUT2D eigenvalue weighted by Gasteiger charge is -2.27. The molecule has 142 valence electrons. The molecule has 6 nitrogen and oxygen atoms in total. The maximum absolute atomic E-state index is 10.2. The summed E-state index contributed by atoms with van der Waals surface area (Å²) in [5.74, 6) is 1.45. The molecule has 0 amide bonds. The Bertz CT molecular complexity index is 966. The Morgan fingerprint density at radius 1 is 1.15 bits per heavy atom. The van der Waals surface area contributed by atoms with Crippen molar-refractivity contribution in [1.29, 1.82) is 0 Å². The van der Waals surface area contributed by atoms with E-state index in [2.05, 4.69) is 15.3 Å². The molecule has 0 aliphatic heterocycles. The molecule has 0 saturated heterocycles. The zero-order valence-corrected chi connectivity index (χ0v) is 16.4. The average Bonchev–Trinajstić information content (AvgIpc) is 2.64. The van der Waals surface area contributed by atoms with Crippen molar-refractivity contribution in [2.45, 2.75) is 53.0 Å². The van der Waals surface area contributed by atoms with E-state index in [1.807, 2.05) is 39.8 Å². The standard InChI is InChI=1S/C19H21N5O.C2H6/c1-10-6-7-14(25)11(2)16(10)18-17-13(19(20)22-9-21-17)8-15(24-18)23-12-4-3-5-12;1-2/h6-9,12,25H,3-5H2,1-2H3,(H,23,24)(H2,20,21,22);1-2H3. The van der Waals surface area contributed by atoms with Crippen molar-refractivity contribution < 1.29 is 5.11 Å². The lowest BCUT2D eigenvalue weighted by Crippen LogP contribution is -2.27. The Labute approximate surface area is 159 Å². The number of anilines is 2. The van der Waals surface area contributed by atoms with Gasteiger partial charge in [-0.15, -0.1) is 0 Å². The van der Waals surface area contributed by atoms with E-state index in [1.54, 1.807) is 6.07 Å². The Balaban J connectivity index is 0.00000102. The normalized spacial score (nSPS) is 13.6. The van der Waals surface area contributed by atoms with Gasteiger partial charge in [0.25, 0.3) is 0 Å². The van der Waals surface area contributed by atoms with Gasteiger partial charge in [-0.3, -0.25) is 0 Å². The number of pyridine rings is 1. The fourth-order valence-electron chi connectivity index (χ4n) is 3.29. The second-order valence-corrected chi connectivity index (χ2v) is 6.68. The molecule has 1 aliphatic carbocycles. The monoisotopic (exact) mass is 365 g/mol. The summed E-state index contributed by atoms with van der Waals surface area (Å²) in [6.45, 7) is 7.90. The summed E-state index contributed by atoms with van der Waals surface area (Å²) in [4.78, 5) is 13.4. The first kappa shape index (κ1) is 18.9.